The minimum Gasteiger partial charge on any atom is -0.481 e. The molecule has 8 heteroatoms. The zero-order valence-corrected chi connectivity index (χ0v) is 12.4. The van der Waals surface area contributed by atoms with Crippen LogP contribution in [0.1, 0.15) is 18.4 Å². The number of carbonyl (C=O) groups is 1. The van der Waals surface area contributed by atoms with E-state index in [2.05, 4.69) is 0 Å². The molecular weight excluding hydrogens is 298 g/mol. The van der Waals surface area contributed by atoms with E-state index in [1.54, 1.807) is 18.2 Å². The van der Waals surface area contributed by atoms with Crippen molar-refractivity contribution in [1.29, 1.82) is 0 Å². The van der Waals surface area contributed by atoms with E-state index in [9.17, 15) is 13.2 Å². The quantitative estimate of drug-likeness (QED) is 0.808. The van der Waals surface area contributed by atoms with Crippen LogP contribution in [-0.4, -0.2) is 43.4 Å². The third-order valence-corrected chi connectivity index (χ3v) is 4.99. The van der Waals surface area contributed by atoms with Crippen molar-refractivity contribution in [1.82, 2.24) is 4.31 Å². The molecule has 0 fully saturated rings. The predicted octanol–water partition coefficient (Wildman–Crippen LogP) is 1.04. The first-order valence-electron chi connectivity index (χ1n) is 6.43. The molecule has 0 bridgehead atoms. The zero-order valence-electron chi connectivity index (χ0n) is 11.6. The molecule has 1 aromatic rings. The Hall–Kier alpha value is -1.80. The number of sulfonamides is 1. The summed E-state index contributed by atoms with van der Waals surface area (Å²) in [6, 6.07) is 5.25. The van der Waals surface area contributed by atoms with Gasteiger partial charge in [0.15, 0.2) is 11.5 Å². The molecule has 0 spiro atoms. The fourth-order valence-corrected chi connectivity index (χ4v) is 3.12. The van der Waals surface area contributed by atoms with E-state index in [1.165, 1.54) is 11.4 Å². The first-order valence-corrected chi connectivity index (χ1v) is 8.04. The van der Waals surface area contributed by atoms with Crippen LogP contribution in [0, 0.1) is 0 Å². The monoisotopic (exact) mass is 315 g/mol. The molecule has 1 N–H and O–H groups in total. The number of rotatable bonds is 7. The fourth-order valence-electron chi connectivity index (χ4n) is 1.96. The van der Waals surface area contributed by atoms with Crippen molar-refractivity contribution in [3.63, 3.8) is 0 Å². The highest BCUT2D eigenvalue weighted by Gasteiger charge is 2.20. The minimum atomic E-state index is -3.47. The molecule has 0 aromatic heterocycles. The van der Waals surface area contributed by atoms with Gasteiger partial charge in [0.25, 0.3) is 0 Å². The van der Waals surface area contributed by atoms with Gasteiger partial charge in [-0.15, -0.1) is 0 Å². The lowest BCUT2D eigenvalue weighted by Gasteiger charge is -2.17. The average molecular weight is 315 g/mol. The van der Waals surface area contributed by atoms with E-state index in [0.29, 0.717) is 11.5 Å². The Labute approximate surface area is 123 Å². The Kier molecular flexibility index (Phi) is 4.69. The first kappa shape index (κ1) is 15.6. The molecule has 0 amide bonds. The summed E-state index contributed by atoms with van der Waals surface area (Å²) >= 11 is 0. The number of hydrogen-bond acceptors (Lipinski definition) is 5. The van der Waals surface area contributed by atoms with Gasteiger partial charge in [0.05, 0.1) is 5.75 Å². The Bertz CT molecular complexity index is 628. The second-order valence-corrected chi connectivity index (χ2v) is 6.95. The zero-order chi connectivity index (χ0) is 15.5. The van der Waals surface area contributed by atoms with Gasteiger partial charge in [-0.05, 0) is 24.1 Å². The number of carboxylic acid groups (broad SMARTS) is 1. The third-order valence-electron chi connectivity index (χ3n) is 3.11. The molecule has 0 saturated heterocycles. The van der Waals surface area contributed by atoms with Gasteiger partial charge in [-0.2, -0.15) is 0 Å². The number of nitrogens with zero attached hydrogens (tertiary/aromatic N) is 1. The summed E-state index contributed by atoms with van der Waals surface area (Å²) in [5.41, 5.74) is 0.781. The number of fused-ring (bicyclic) bond motifs is 1. The topological polar surface area (TPSA) is 93.1 Å². The highest BCUT2D eigenvalue weighted by molar-refractivity contribution is 7.89. The molecule has 0 atom stereocenters. The maximum atomic E-state index is 12.0. The summed E-state index contributed by atoms with van der Waals surface area (Å²) < 4.78 is 35.7. The molecule has 7 nitrogen and oxygen atoms in total. The van der Waals surface area contributed by atoms with Crippen LogP contribution in [0.3, 0.4) is 0 Å². The summed E-state index contributed by atoms with van der Waals surface area (Å²) in [6.07, 6.45) is -0.0553. The second-order valence-electron chi connectivity index (χ2n) is 4.76. The number of ether oxygens (including phenoxy) is 2. The van der Waals surface area contributed by atoms with Crippen molar-refractivity contribution >= 4 is 16.0 Å². The minimum absolute atomic E-state index is 0.100. The standard InChI is InChI=1S/C13H17NO6S/c1-14(21(17,18)6-2-3-13(15)16)8-10-4-5-11-12(7-10)20-9-19-11/h4-5,7H,2-3,6,8-9H2,1H3,(H,15,16). The normalized spacial score (nSPS) is 13.6. The summed E-state index contributed by atoms with van der Waals surface area (Å²) in [6.45, 7) is 0.369. The van der Waals surface area contributed by atoms with Gasteiger partial charge in [0, 0.05) is 20.0 Å². The Morgan fingerprint density at radius 2 is 2.05 bits per heavy atom. The molecule has 0 saturated carbocycles. The number of aliphatic carboxylic acids is 1. The number of benzene rings is 1. The smallest absolute Gasteiger partial charge is 0.303 e. The maximum absolute atomic E-state index is 12.0. The van der Waals surface area contributed by atoms with Crippen LogP contribution in [0.4, 0.5) is 0 Å². The van der Waals surface area contributed by atoms with Gasteiger partial charge in [-0.3, -0.25) is 4.79 Å². The molecular formula is C13H17NO6S. The van der Waals surface area contributed by atoms with Gasteiger partial charge < -0.3 is 14.6 Å². The van der Waals surface area contributed by atoms with E-state index < -0.39 is 16.0 Å². The van der Waals surface area contributed by atoms with E-state index in [1.807, 2.05) is 0 Å². The predicted molar refractivity (Wildman–Crippen MR) is 74.7 cm³/mol. The van der Waals surface area contributed by atoms with Gasteiger partial charge in [-0.25, -0.2) is 12.7 Å². The third kappa shape index (κ3) is 4.08. The lowest BCUT2D eigenvalue weighted by molar-refractivity contribution is -0.137. The highest BCUT2D eigenvalue weighted by atomic mass is 32.2. The van der Waals surface area contributed by atoms with Crippen LogP contribution < -0.4 is 9.47 Å². The van der Waals surface area contributed by atoms with Gasteiger partial charge in [-0.1, -0.05) is 6.07 Å². The van der Waals surface area contributed by atoms with E-state index in [-0.39, 0.29) is 31.9 Å². The van der Waals surface area contributed by atoms with E-state index >= 15 is 0 Å². The molecule has 0 radical (unpaired) electrons. The first-order chi connectivity index (χ1) is 9.88. The SMILES string of the molecule is CN(Cc1ccc2c(c1)OCO2)S(=O)(=O)CCCC(=O)O. The lowest BCUT2D eigenvalue weighted by Crippen LogP contribution is -2.29. The Morgan fingerprint density at radius 1 is 1.33 bits per heavy atom. The molecule has 1 aliphatic rings. The summed E-state index contributed by atoms with van der Waals surface area (Å²) in [7, 11) is -2.00. The molecule has 1 aliphatic heterocycles. The summed E-state index contributed by atoms with van der Waals surface area (Å²) in [5, 5.41) is 8.54. The Morgan fingerprint density at radius 3 is 2.76 bits per heavy atom. The average Bonchev–Trinajstić information content (AvgIpc) is 2.85. The summed E-state index contributed by atoms with van der Waals surface area (Å²) in [5.74, 6) is 0.0684. The van der Waals surface area contributed by atoms with Gasteiger partial charge in [0.1, 0.15) is 0 Å². The van der Waals surface area contributed by atoms with Crippen LogP contribution in [0.2, 0.25) is 0 Å². The van der Waals surface area contributed by atoms with Crippen molar-refractivity contribution in [3.8, 4) is 11.5 Å². The van der Waals surface area contributed by atoms with Crippen molar-refractivity contribution in [2.45, 2.75) is 19.4 Å². The van der Waals surface area contributed by atoms with Gasteiger partial charge in [0.2, 0.25) is 16.8 Å². The Balaban J connectivity index is 1.96. The maximum Gasteiger partial charge on any atom is 0.303 e. The van der Waals surface area contributed by atoms with Gasteiger partial charge >= 0.3 is 5.97 Å². The summed E-state index contributed by atoms with van der Waals surface area (Å²) in [4.78, 5) is 10.4. The van der Waals surface area contributed by atoms with Crippen molar-refractivity contribution in [2.75, 3.05) is 19.6 Å². The van der Waals surface area contributed by atoms with Crippen molar-refractivity contribution < 1.29 is 27.8 Å². The van der Waals surface area contributed by atoms with Crippen LogP contribution in [0.25, 0.3) is 0 Å². The van der Waals surface area contributed by atoms with Crippen LogP contribution in [0.5, 0.6) is 11.5 Å². The van der Waals surface area contributed by atoms with E-state index in [4.69, 9.17) is 14.6 Å². The highest BCUT2D eigenvalue weighted by Crippen LogP contribution is 2.32. The van der Waals surface area contributed by atoms with Crippen LogP contribution in [-0.2, 0) is 21.4 Å². The van der Waals surface area contributed by atoms with Crippen LogP contribution >= 0.6 is 0 Å². The number of hydrogen-bond donors (Lipinski definition) is 1. The second kappa shape index (κ2) is 6.31. The van der Waals surface area contributed by atoms with Crippen molar-refractivity contribution in [3.05, 3.63) is 23.8 Å². The van der Waals surface area contributed by atoms with Crippen molar-refractivity contribution in [2.24, 2.45) is 0 Å². The molecule has 0 unspecified atom stereocenters. The molecule has 21 heavy (non-hydrogen) atoms. The molecule has 2 rings (SSSR count). The number of carboxylic acids is 1. The van der Waals surface area contributed by atoms with Crippen LogP contribution in [0.15, 0.2) is 18.2 Å². The largest absolute Gasteiger partial charge is 0.481 e. The molecule has 1 heterocycles. The fraction of sp³-hybridized carbons (Fsp3) is 0.462. The molecule has 1 aromatic carbocycles. The lowest BCUT2D eigenvalue weighted by atomic mass is 10.2. The molecule has 116 valence electrons. The van der Waals surface area contributed by atoms with E-state index in [0.717, 1.165) is 5.56 Å². The molecule has 0 aliphatic carbocycles.